The van der Waals surface area contributed by atoms with E-state index < -0.39 is 0 Å². The molecule has 0 amide bonds. The average Bonchev–Trinajstić information content (AvgIpc) is 2.83. The molecular weight excluding hydrogens is 230 g/mol. The van der Waals surface area contributed by atoms with Crippen molar-refractivity contribution in [1.82, 2.24) is 5.32 Å². The van der Waals surface area contributed by atoms with Gasteiger partial charge in [-0.25, -0.2) is 0 Å². The third kappa shape index (κ3) is 5.18. The average molecular weight is 260 g/mol. The van der Waals surface area contributed by atoms with Gasteiger partial charge in [0.2, 0.25) is 0 Å². The molecule has 0 aromatic heterocycles. The summed E-state index contributed by atoms with van der Waals surface area (Å²) in [6, 6.07) is 0. The minimum absolute atomic E-state index is 0.421. The van der Waals surface area contributed by atoms with Crippen molar-refractivity contribution in [2.45, 2.75) is 65.2 Å². The molecule has 0 radical (unpaired) electrons. The number of hydrogen-bond donors (Lipinski definition) is 1. The first-order valence-corrected chi connectivity index (χ1v) is 8.06. The fourth-order valence-electron chi connectivity index (χ4n) is 2.97. The van der Waals surface area contributed by atoms with Gasteiger partial charge in [0.1, 0.15) is 0 Å². The molecule has 0 spiro atoms. The van der Waals surface area contributed by atoms with Crippen LogP contribution in [0.3, 0.4) is 0 Å². The molecule has 1 aliphatic carbocycles. The Bertz CT molecular complexity index is 187. The maximum absolute atomic E-state index is 6.16. The van der Waals surface area contributed by atoms with Crippen LogP contribution in [-0.2, 0) is 0 Å². The highest BCUT2D eigenvalue weighted by molar-refractivity contribution is 6.18. The Morgan fingerprint density at radius 3 is 2.47 bits per heavy atom. The van der Waals surface area contributed by atoms with Gasteiger partial charge in [-0.15, -0.1) is 11.6 Å². The van der Waals surface area contributed by atoms with E-state index in [0.29, 0.717) is 5.41 Å². The minimum Gasteiger partial charge on any atom is -0.316 e. The molecule has 0 bridgehead atoms. The van der Waals surface area contributed by atoms with Crippen LogP contribution < -0.4 is 5.32 Å². The van der Waals surface area contributed by atoms with Gasteiger partial charge in [-0.2, -0.15) is 0 Å². The number of rotatable bonds is 9. The van der Waals surface area contributed by atoms with Crippen LogP contribution in [0.2, 0.25) is 0 Å². The van der Waals surface area contributed by atoms with Crippen molar-refractivity contribution >= 4 is 11.6 Å². The molecule has 0 aliphatic heterocycles. The first kappa shape index (κ1) is 15.3. The van der Waals surface area contributed by atoms with Crippen molar-refractivity contribution in [3.8, 4) is 0 Å². The highest BCUT2D eigenvalue weighted by Gasteiger charge is 2.32. The smallest absolute Gasteiger partial charge is 0.0292 e. The summed E-state index contributed by atoms with van der Waals surface area (Å²) in [6.45, 7) is 6.92. The number of hydrogen-bond acceptors (Lipinski definition) is 1. The molecule has 1 nitrogen and oxygen atoms in total. The number of unbranched alkanes of at least 4 members (excludes halogenated alkanes) is 1. The van der Waals surface area contributed by atoms with Crippen molar-refractivity contribution in [3.63, 3.8) is 0 Å². The van der Waals surface area contributed by atoms with Crippen LogP contribution in [0.25, 0.3) is 0 Å². The van der Waals surface area contributed by atoms with Gasteiger partial charge in [0.05, 0.1) is 0 Å². The molecule has 102 valence electrons. The summed E-state index contributed by atoms with van der Waals surface area (Å²) in [5.41, 5.74) is 0.421. The summed E-state index contributed by atoms with van der Waals surface area (Å²) in [5, 5.41) is 3.69. The van der Waals surface area contributed by atoms with Crippen LogP contribution >= 0.6 is 11.6 Å². The van der Waals surface area contributed by atoms with Gasteiger partial charge in [0.15, 0.2) is 0 Å². The summed E-state index contributed by atoms with van der Waals surface area (Å²) >= 11 is 6.16. The standard InChI is InChI=1S/C15H30ClN/c1-3-5-8-14(4-2)11-17-13-15(12-16)9-6-7-10-15/h14,17H,3-13H2,1-2H3. The Labute approximate surface area is 113 Å². The molecule has 1 fully saturated rings. The fraction of sp³-hybridized carbons (Fsp3) is 1.00. The number of alkyl halides is 1. The molecule has 0 saturated heterocycles. The topological polar surface area (TPSA) is 12.0 Å². The largest absolute Gasteiger partial charge is 0.316 e. The zero-order chi connectivity index (χ0) is 12.6. The van der Waals surface area contributed by atoms with Gasteiger partial charge in [-0.3, -0.25) is 0 Å². The normalized spacial score (nSPS) is 20.6. The minimum atomic E-state index is 0.421. The van der Waals surface area contributed by atoms with Gasteiger partial charge in [-0.1, -0.05) is 46.0 Å². The van der Waals surface area contributed by atoms with E-state index in [-0.39, 0.29) is 0 Å². The van der Waals surface area contributed by atoms with Crippen molar-refractivity contribution < 1.29 is 0 Å². The van der Waals surface area contributed by atoms with Gasteiger partial charge in [-0.05, 0) is 37.1 Å². The maximum atomic E-state index is 6.16. The van der Waals surface area contributed by atoms with Crippen LogP contribution in [0.1, 0.15) is 65.2 Å². The van der Waals surface area contributed by atoms with Gasteiger partial charge in [0, 0.05) is 12.4 Å². The monoisotopic (exact) mass is 259 g/mol. The predicted molar refractivity (Wildman–Crippen MR) is 77.8 cm³/mol. The van der Waals surface area contributed by atoms with E-state index in [1.807, 2.05) is 0 Å². The fourth-order valence-corrected chi connectivity index (χ4v) is 3.33. The Hall–Kier alpha value is 0.250. The van der Waals surface area contributed by atoms with E-state index in [2.05, 4.69) is 19.2 Å². The van der Waals surface area contributed by atoms with Crippen LogP contribution in [0.15, 0.2) is 0 Å². The second kappa shape index (κ2) is 8.37. The molecule has 1 aliphatic rings. The summed E-state index contributed by atoms with van der Waals surface area (Å²) in [5.74, 6) is 1.70. The molecule has 2 heteroatoms. The van der Waals surface area contributed by atoms with E-state index in [1.54, 1.807) is 0 Å². The van der Waals surface area contributed by atoms with Crippen LogP contribution in [0.5, 0.6) is 0 Å². The SMILES string of the molecule is CCCCC(CC)CNCC1(CCl)CCCC1. The number of halogens is 1. The molecule has 1 saturated carbocycles. The Morgan fingerprint density at radius 2 is 1.94 bits per heavy atom. The molecule has 0 aromatic carbocycles. The van der Waals surface area contributed by atoms with Gasteiger partial charge >= 0.3 is 0 Å². The van der Waals surface area contributed by atoms with Gasteiger partial charge in [0.25, 0.3) is 0 Å². The van der Waals surface area contributed by atoms with Crippen molar-refractivity contribution in [2.75, 3.05) is 19.0 Å². The highest BCUT2D eigenvalue weighted by atomic mass is 35.5. The lowest BCUT2D eigenvalue weighted by molar-refractivity contribution is 0.302. The van der Waals surface area contributed by atoms with E-state index in [1.165, 1.54) is 57.9 Å². The highest BCUT2D eigenvalue weighted by Crippen LogP contribution is 2.38. The predicted octanol–water partition coefficient (Wildman–Crippen LogP) is 4.59. The Kier molecular flexibility index (Phi) is 7.54. The lowest BCUT2D eigenvalue weighted by Gasteiger charge is -2.27. The quantitative estimate of drug-likeness (QED) is 0.597. The number of nitrogens with one attached hydrogen (secondary N) is 1. The molecule has 1 unspecified atom stereocenters. The van der Waals surface area contributed by atoms with Crippen molar-refractivity contribution in [3.05, 3.63) is 0 Å². The summed E-state index contributed by atoms with van der Waals surface area (Å²) in [4.78, 5) is 0. The lowest BCUT2D eigenvalue weighted by Crippen LogP contribution is -2.36. The molecular formula is C15H30ClN. The van der Waals surface area contributed by atoms with Crippen LogP contribution in [0.4, 0.5) is 0 Å². The molecule has 17 heavy (non-hydrogen) atoms. The van der Waals surface area contributed by atoms with E-state index in [4.69, 9.17) is 11.6 Å². The van der Waals surface area contributed by atoms with Crippen molar-refractivity contribution in [1.29, 1.82) is 0 Å². The van der Waals surface area contributed by atoms with Crippen LogP contribution in [-0.4, -0.2) is 19.0 Å². The van der Waals surface area contributed by atoms with Crippen LogP contribution in [0, 0.1) is 11.3 Å². The maximum Gasteiger partial charge on any atom is 0.0292 e. The van der Waals surface area contributed by atoms with E-state index >= 15 is 0 Å². The van der Waals surface area contributed by atoms with Gasteiger partial charge < -0.3 is 5.32 Å². The second-order valence-corrected chi connectivity index (χ2v) is 6.16. The summed E-state index contributed by atoms with van der Waals surface area (Å²) in [6.07, 6.45) is 10.8. The Balaban J connectivity index is 2.20. The third-order valence-corrected chi connectivity index (χ3v) is 4.99. The zero-order valence-electron chi connectivity index (χ0n) is 11.7. The zero-order valence-corrected chi connectivity index (χ0v) is 12.5. The lowest BCUT2D eigenvalue weighted by atomic mass is 9.88. The molecule has 0 heterocycles. The van der Waals surface area contributed by atoms with E-state index in [0.717, 1.165) is 18.3 Å². The summed E-state index contributed by atoms with van der Waals surface area (Å²) < 4.78 is 0. The first-order chi connectivity index (χ1) is 8.26. The third-order valence-electron chi connectivity index (χ3n) is 4.42. The Morgan fingerprint density at radius 1 is 1.24 bits per heavy atom. The molecule has 1 rings (SSSR count). The van der Waals surface area contributed by atoms with E-state index in [9.17, 15) is 0 Å². The molecule has 1 atom stereocenters. The first-order valence-electron chi connectivity index (χ1n) is 7.53. The molecule has 0 aromatic rings. The summed E-state index contributed by atoms with van der Waals surface area (Å²) in [7, 11) is 0. The molecule has 1 N–H and O–H groups in total. The van der Waals surface area contributed by atoms with Crippen molar-refractivity contribution in [2.24, 2.45) is 11.3 Å². The second-order valence-electron chi connectivity index (χ2n) is 5.89.